The number of azo groups is 1. The summed E-state index contributed by atoms with van der Waals surface area (Å²) in [6.45, 7) is 0. The highest BCUT2D eigenvalue weighted by atomic mass is 127. The van der Waals surface area contributed by atoms with Crippen molar-refractivity contribution in [1.29, 1.82) is 0 Å². The van der Waals surface area contributed by atoms with Crippen LogP contribution in [0, 0.1) is 3.57 Å². The predicted molar refractivity (Wildman–Crippen MR) is 51.3 cm³/mol. The Morgan fingerprint density at radius 3 is 2.82 bits per heavy atom. The minimum Gasteiger partial charge on any atom is -0.508 e. The predicted octanol–water partition coefficient (Wildman–Crippen LogP) is 2.71. The van der Waals surface area contributed by atoms with E-state index < -0.39 is 0 Å². The van der Waals surface area contributed by atoms with E-state index in [1.54, 1.807) is 25.2 Å². The monoisotopic (exact) mass is 262 g/mol. The fraction of sp³-hybridized carbons (Fsp3) is 0.143. The number of phenolic OH excluding ortho intramolecular Hbond substituents is 1. The Morgan fingerprint density at radius 1 is 1.45 bits per heavy atom. The molecule has 3 nitrogen and oxygen atoms in total. The van der Waals surface area contributed by atoms with Crippen molar-refractivity contribution in [3.8, 4) is 5.75 Å². The fourth-order valence-electron chi connectivity index (χ4n) is 0.685. The summed E-state index contributed by atoms with van der Waals surface area (Å²) in [6, 6.07) is 4.99. The first kappa shape index (κ1) is 8.45. The molecule has 1 rings (SSSR count). The van der Waals surface area contributed by atoms with Crippen LogP contribution < -0.4 is 0 Å². The molecule has 1 N–H and O–H groups in total. The first-order chi connectivity index (χ1) is 5.24. The van der Waals surface area contributed by atoms with Crippen LogP contribution in [0.2, 0.25) is 0 Å². The molecule has 4 heteroatoms. The molecule has 58 valence electrons. The van der Waals surface area contributed by atoms with E-state index in [2.05, 4.69) is 32.8 Å². The average Bonchev–Trinajstić information content (AvgIpc) is 1.98. The maximum Gasteiger partial charge on any atom is 0.117 e. The van der Waals surface area contributed by atoms with Crippen molar-refractivity contribution in [1.82, 2.24) is 0 Å². The quantitative estimate of drug-likeness (QED) is 0.613. The van der Waals surface area contributed by atoms with Crippen molar-refractivity contribution in [2.75, 3.05) is 7.05 Å². The summed E-state index contributed by atoms with van der Waals surface area (Å²) in [5, 5.41) is 16.5. The molecule has 0 spiro atoms. The minimum absolute atomic E-state index is 0.216. The van der Waals surface area contributed by atoms with Crippen molar-refractivity contribution < 1.29 is 5.11 Å². The summed E-state index contributed by atoms with van der Waals surface area (Å²) in [5.41, 5.74) is 0.702. The number of aromatic hydroxyl groups is 1. The topological polar surface area (TPSA) is 45.0 Å². The smallest absolute Gasteiger partial charge is 0.117 e. The van der Waals surface area contributed by atoms with Gasteiger partial charge in [-0.05, 0) is 34.7 Å². The summed E-state index contributed by atoms with van der Waals surface area (Å²) < 4.78 is 0.978. The summed E-state index contributed by atoms with van der Waals surface area (Å²) in [5.74, 6) is 0.216. The van der Waals surface area contributed by atoms with Crippen molar-refractivity contribution in [2.24, 2.45) is 10.2 Å². The largest absolute Gasteiger partial charge is 0.508 e. The first-order valence-corrected chi connectivity index (χ1v) is 4.10. The molecular formula is C7H7IN2O. The molecule has 0 aliphatic carbocycles. The van der Waals surface area contributed by atoms with E-state index in [9.17, 15) is 0 Å². The summed E-state index contributed by atoms with van der Waals surface area (Å²) >= 11 is 2.14. The van der Waals surface area contributed by atoms with Crippen LogP contribution in [-0.2, 0) is 0 Å². The van der Waals surface area contributed by atoms with Gasteiger partial charge in [0, 0.05) is 16.7 Å². The summed E-state index contributed by atoms with van der Waals surface area (Å²) in [6.07, 6.45) is 0. The number of hydrogen-bond donors (Lipinski definition) is 1. The Hall–Kier alpha value is -0.650. The van der Waals surface area contributed by atoms with Crippen LogP contribution in [-0.4, -0.2) is 12.2 Å². The van der Waals surface area contributed by atoms with Crippen LogP contribution in [0.1, 0.15) is 0 Å². The zero-order valence-electron chi connectivity index (χ0n) is 5.95. The van der Waals surface area contributed by atoms with Gasteiger partial charge in [0.25, 0.3) is 0 Å². The van der Waals surface area contributed by atoms with Crippen LogP contribution in [0.15, 0.2) is 28.4 Å². The van der Waals surface area contributed by atoms with Gasteiger partial charge in [-0.3, -0.25) is 0 Å². The zero-order chi connectivity index (χ0) is 8.27. The van der Waals surface area contributed by atoms with Gasteiger partial charge < -0.3 is 5.11 Å². The second kappa shape index (κ2) is 3.66. The Kier molecular flexibility index (Phi) is 2.81. The molecular weight excluding hydrogens is 255 g/mol. The highest BCUT2D eigenvalue weighted by Crippen LogP contribution is 2.25. The molecule has 0 unspecified atom stereocenters. The lowest BCUT2D eigenvalue weighted by molar-refractivity contribution is 0.475. The molecule has 0 amide bonds. The maximum absolute atomic E-state index is 9.06. The molecule has 1 aromatic rings. The van der Waals surface area contributed by atoms with Crippen LogP contribution in [0.5, 0.6) is 5.75 Å². The van der Waals surface area contributed by atoms with Gasteiger partial charge in [-0.1, -0.05) is 0 Å². The molecule has 0 aromatic heterocycles. The second-order valence-electron chi connectivity index (χ2n) is 1.94. The van der Waals surface area contributed by atoms with Crippen LogP contribution >= 0.6 is 22.6 Å². The summed E-state index contributed by atoms with van der Waals surface area (Å²) in [7, 11) is 1.60. The van der Waals surface area contributed by atoms with E-state index in [-0.39, 0.29) is 5.75 Å². The number of rotatable bonds is 1. The van der Waals surface area contributed by atoms with Gasteiger partial charge in [-0.2, -0.15) is 10.2 Å². The van der Waals surface area contributed by atoms with E-state index >= 15 is 0 Å². The highest BCUT2D eigenvalue weighted by Gasteiger charge is 1.97. The van der Waals surface area contributed by atoms with Crippen LogP contribution in [0.25, 0.3) is 0 Å². The molecule has 0 heterocycles. The van der Waals surface area contributed by atoms with E-state index in [4.69, 9.17) is 5.11 Å². The van der Waals surface area contributed by atoms with Crippen molar-refractivity contribution in [3.63, 3.8) is 0 Å². The van der Waals surface area contributed by atoms with Crippen LogP contribution in [0.4, 0.5) is 5.69 Å². The van der Waals surface area contributed by atoms with E-state index in [0.29, 0.717) is 5.69 Å². The van der Waals surface area contributed by atoms with E-state index in [1.807, 2.05) is 0 Å². The van der Waals surface area contributed by atoms with Gasteiger partial charge in [0.1, 0.15) is 11.4 Å². The van der Waals surface area contributed by atoms with Crippen molar-refractivity contribution in [3.05, 3.63) is 21.8 Å². The Morgan fingerprint density at radius 2 is 2.18 bits per heavy atom. The van der Waals surface area contributed by atoms with E-state index in [1.165, 1.54) is 0 Å². The maximum atomic E-state index is 9.06. The van der Waals surface area contributed by atoms with E-state index in [0.717, 1.165) is 3.57 Å². The second-order valence-corrected chi connectivity index (χ2v) is 3.10. The normalized spacial score (nSPS) is 10.7. The molecule has 11 heavy (non-hydrogen) atoms. The van der Waals surface area contributed by atoms with Gasteiger partial charge in [0.2, 0.25) is 0 Å². The summed E-state index contributed by atoms with van der Waals surface area (Å²) in [4.78, 5) is 0. The zero-order valence-corrected chi connectivity index (χ0v) is 8.11. The van der Waals surface area contributed by atoms with Gasteiger partial charge in [0.15, 0.2) is 0 Å². The molecule has 0 radical (unpaired) electrons. The average molecular weight is 262 g/mol. The number of phenols is 1. The number of benzene rings is 1. The molecule has 1 aromatic carbocycles. The lowest BCUT2D eigenvalue weighted by atomic mass is 10.3. The number of halogens is 1. The Labute approximate surface area is 78.3 Å². The molecule has 0 saturated heterocycles. The third kappa shape index (κ3) is 2.14. The van der Waals surface area contributed by atoms with Gasteiger partial charge in [-0.25, -0.2) is 0 Å². The number of hydrogen-bond acceptors (Lipinski definition) is 3. The molecule has 0 saturated carbocycles. The lowest BCUT2D eigenvalue weighted by Crippen LogP contribution is -1.71. The SMILES string of the molecule is CN=Nc1cc(O)ccc1I. The fourth-order valence-corrected chi connectivity index (χ4v) is 1.13. The third-order valence-corrected chi connectivity index (χ3v) is 2.05. The molecule has 0 bridgehead atoms. The number of nitrogens with zero attached hydrogens (tertiary/aromatic N) is 2. The lowest BCUT2D eigenvalue weighted by Gasteiger charge is -1.96. The third-order valence-electron chi connectivity index (χ3n) is 1.14. The Balaban J connectivity index is 3.12. The van der Waals surface area contributed by atoms with Gasteiger partial charge in [0.05, 0.1) is 0 Å². The molecule has 0 fully saturated rings. The van der Waals surface area contributed by atoms with Crippen molar-refractivity contribution in [2.45, 2.75) is 0 Å². The standard InChI is InChI=1S/C7H7IN2O/c1-9-10-7-4-5(11)2-3-6(7)8/h2-4,11H,1H3. The van der Waals surface area contributed by atoms with Gasteiger partial charge >= 0.3 is 0 Å². The first-order valence-electron chi connectivity index (χ1n) is 3.02. The van der Waals surface area contributed by atoms with Crippen LogP contribution in [0.3, 0.4) is 0 Å². The molecule has 0 aliphatic heterocycles. The minimum atomic E-state index is 0.216. The van der Waals surface area contributed by atoms with Crippen molar-refractivity contribution >= 4 is 28.3 Å². The molecule has 0 aliphatic rings. The van der Waals surface area contributed by atoms with Gasteiger partial charge in [-0.15, -0.1) is 0 Å². The highest BCUT2D eigenvalue weighted by molar-refractivity contribution is 14.1. The Bertz CT molecular complexity index is 286. The molecule has 0 atom stereocenters.